The van der Waals surface area contributed by atoms with Gasteiger partial charge in [-0.05, 0) is 80.0 Å². The van der Waals surface area contributed by atoms with Crippen LogP contribution in [0.3, 0.4) is 0 Å². The van der Waals surface area contributed by atoms with Gasteiger partial charge in [0.05, 0.1) is 0 Å². The lowest BCUT2D eigenvalue weighted by Gasteiger charge is -2.33. The van der Waals surface area contributed by atoms with Gasteiger partial charge in [-0.15, -0.1) is 0 Å². The van der Waals surface area contributed by atoms with E-state index in [0.29, 0.717) is 35.5 Å². The molecule has 0 spiro atoms. The highest BCUT2D eigenvalue weighted by Gasteiger charge is 2.30. The largest absolute Gasteiger partial charge is 0.0587 e. The Morgan fingerprint density at radius 1 is 0.394 bits per heavy atom. The van der Waals surface area contributed by atoms with Crippen molar-refractivity contribution in [1.29, 1.82) is 0 Å². The first-order valence-corrected chi connectivity index (χ1v) is 13.5. The Hall–Kier alpha value is -1.56. The second kappa shape index (κ2) is 10.4. The van der Waals surface area contributed by atoms with Gasteiger partial charge in [0.15, 0.2) is 0 Å². The molecule has 0 N–H and O–H groups in total. The topological polar surface area (TPSA) is 0 Å². The average Bonchev–Trinajstić information content (AvgIpc) is 2.70. The van der Waals surface area contributed by atoms with Crippen LogP contribution in [0.15, 0.2) is 24.3 Å². The molecule has 2 rings (SSSR count). The smallest absolute Gasteiger partial charge is 0.0146 e. The molecular formula is C33H52. The third kappa shape index (κ3) is 5.58. The summed E-state index contributed by atoms with van der Waals surface area (Å²) in [7, 11) is 0. The molecule has 0 fully saturated rings. The molecule has 0 atom stereocenters. The van der Waals surface area contributed by atoms with Crippen LogP contribution >= 0.6 is 0 Å². The number of hydrogen-bond acceptors (Lipinski definition) is 0. The molecule has 0 aliphatic carbocycles. The number of benzene rings is 2. The highest BCUT2D eigenvalue weighted by atomic mass is 14.3. The lowest BCUT2D eigenvalue weighted by Crippen LogP contribution is -2.22. The summed E-state index contributed by atoms with van der Waals surface area (Å²) in [5, 5.41) is 0. The van der Waals surface area contributed by atoms with Crippen LogP contribution in [0.5, 0.6) is 0 Å². The summed E-state index contributed by atoms with van der Waals surface area (Å²) in [5.41, 5.74) is 12.1. The minimum Gasteiger partial charge on any atom is -0.0587 e. The molecular weight excluding hydrogens is 396 g/mol. The van der Waals surface area contributed by atoms with Crippen LogP contribution < -0.4 is 0 Å². The molecule has 184 valence electrons. The van der Waals surface area contributed by atoms with Crippen LogP contribution in [0.25, 0.3) is 0 Å². The SMILES string of the molecule is CC(C)c1cc(C(C)(C)c2cc(C(C)C)c(C(C)C)c(C(C)C)c2)cc(C(C)C)c1C(C)C. The summed E-state index contributed by atoms with van der Waals surface area (Å²) in [6.45, 7) is 33.1. The molecule has 0 aliphatic heterocycles. The number of rotatable bonds is 8. The Kier molecular flexibility index (Phi) is 8.70. The first kappa shape index (κ1) is 27.7. The normalized spacial score (nSPS) is 13.0. The van der Waals surface area contributed by atoms with E-state index in [1.54, 1.807) is 11.1 Å². The summed E-state index contributed by atoms with van der Waals surface area (Å²) < 4.78 is 0. The zero-order valence-electron chi connectivity index (χ0n) is 24.3. The summed E-state index contributed by atoms with van der Waals surface area (Å²) >= 11 is 0. The minimum absolute atomic E-state index is 0.0500. The van der Waals surface area contributed by atoms with Crippen molar-refractivity contribution < 1.29 is 0 Å². The zero-order valence-corrected chi connectivity index (χ0v) is 24.3. The molecule has 0 unspecified atom stereocenters. The van der Waals surface area contributed by atoms with E-state index in [-0.39, 0.29) is 5.41 Å². The minimum atomic E-state index is -0.0500. The van der Waals surface area contributed by atoms with Crippen LogP contribution in [0.2, 0.25) is 0 Å². The van der Waals surface area contributed by atoms with Crippen LogP contribution in [0.1, 0.15) is 177 Å². The molecule has 0 saturated heterocycles. The van der Waals surface area contributed by atoms with Crippen molar-refractivity contribution in [3.05, 3.63) is 68.8 Å². The van der Waals surface area contributed by atoms with E-state index < -0.39 is 0 Å². The molecule has 0 heteroatoms. The van der Waals surface area contributed by atoms with Crippen molar-refractivity contribution in [2.24, 2.45) is 0 Å². The molecule has 0 saturated carbocycles. The van der Waals surface area contributed by atoms with Gasteiger partial charge >= 0.3 is 0 Å². The molecule has 0 heterocycles. The van der Waals surface area contributed by atoms with E-state index in [1.165, 1.54) is 33.4 Å². The molecule has 0 aromatic heterocycles. The van der Waals surface area contributed by atoms with Gasteiger partial charge in [0.2, 0.25) is 0 Å². The molecule has 2 aromatic carbocycles. The van der Waals surface area contributed by atoms with E-state index in [1.807, 2.05) is 0 Å². The maximum absolute atomic E-state index is 2.53. The van der Waals surface area contributed by atoms with Crippen molar-refractivity contribution in [2.45, 2.75) is 138 Å². The Balaban J connectivity index is 2.89. The summed E-state index contributed by atoms with van der Waals surface area (Å²) in [6, 6.07) is 10.1. The molecule has 33 heavy (non-hydrogen) atoms. The fourth-order valence-corrected chi connectivity index (χ4v) is 5.53. The summed E-state index contributed by atoms with van der Waals surface area (Å²) in [6.07, 6.45) is 0. The van der Waals surface area contributed by atoms with Crippen LogP contribution in [-0.2, 0) is 5.41 Å². The highest BCUT2D eigenvalue weighted by molar-refractivity contribution is 5.52. The van der Waals surface area contributed by atoms with Gasteiger partial charge in [-0.1, -0.05) is 121 Å². The third-order valence-corrected chi connectivity index (χ3v) is 7.57. The molecule has 0 radical (unpaired) electrons. The van der Waals surface area contributed by atoms with E-state index in [9.17, 15) is 0 Å². The van der Waals surface area contributed by atoms with E-state index in [4.69, 9.17) is 0 Å². The van der Waals surface area contributed by atoms with Gasteiger partial charge in [-0.25, -0.2) is 0 Å². The second-order valence-electron chi connectivity index (χ2n) is 12.7. The average molecular weight is 449 g/mol. The van der Waals surface area contributed by atoms with Crippen molar-refractivity contribution >= 4 is 0 Å². The lowest BCUT2D eigenvalue weighted by molar-refractivity contribution is 0.623. The van der Waals surface area contributed by atoms with Crippen molar-refractivity contribution in [1.82, 2.24) is 0 Å². The fourth-order valence-electron chi connectivity index (χ4n) is 5.53. The maximum Gasteiger partial charge on any atom is 0.0146 e. The van der Waals surface area contributed by atoms with Crippen LogP contribution in [0, 0.1) is 0 Å². The highest BCUT2D eigenvalue weighted by Crippen LogP contribution is 2.43. The standard InChI is InChI=1S/C33H52/c1-19(2)27-15-25(16-28(20(3)4)31(27)23(9)10)33(13,14)26-17-29(21(5)6)32(24(11)12)30(18-26)22(7)8/h15-24H,1-14H3. The number of hydrogen-bond donors (Lipinski definition) is 0. The van der Waals surface area contributed by atoms with E-state index >= 15 is 0 Å². The monoisotopic (exact) mass is 448 g/mol. The Morgan fingerprint density at radius 3 is 0.758 bits per heavy atom. The molecule has 0 nitrogen and oxygen atoms in total. The first-order chi connectivity index (χ1) is 15.1. The van der Waals surface area contributed by atoms with Crippen LogP contribution in [-0.4, -0.2) is 0 Å². The van der Waals surface area contributed by atoms with Gasteiger partial charge in [-0.2, -0.15) is 0 Å². The third-order valence-electron chi connectivity index (χ3n) is 7.57. The second-order valence-corrected chi connectivity index (χ2v) is 12.7. The van der Waals surface area contributed by atoms with Gasteiger partial charge < -0.3 is 0 Å². The van der Waals surface area contributed by atoms with Gasteiger partial charge in [0.25, 0.3) is 0 Å². The Labute approximate surface area is 206 Å². The quantitative estimate of drug-likeness (QED) is 0.376. The molecule has 2 aromatic rings. The lowest BCUT2D eigenvalue weighted by atomic mass is 9.71. The predicted octanol–water partition coefficient (Wildman–Crippen LogP) is 10.8. The zero-order chi connectivity index (χ0) is 25.4. The first-order valence-electron chi connectivity index (χ1n) is 13.5. The van der Waals surface area contributed by atoms with Crippen LogP contribution in [0.4, 0.5) is 0 Å². The summed E-state index contributed by atoms with van der Waals surface area (Å²) in [5.74, 6) is 3.19. The summed E-state index contributed by atoms with van der Waals surface area (Å²) in [4.78, 5) is 0. The van der Waals surface area contributed by atoms with Gasteiger partial charge in [-0.3, -0.25) is 0 Å². The van der Waals surface area contributed by atoms with Crippen molar-refractivity contribution in [2.75, 3.05) is 0 Å². The molecule has 0 aliphatic rings. The Morgan fingerprint density at radius 2 is 0.606 bits per heavy atom. The Bertz CT molecular complexity index is 812. The predicted molar refractivity (Wildman–Crippen MR) is 150 cm³/mol. The van der Waals surface area contributed by atoms with E-state index in [0.717, 1.165) is 0 Å². The van der Waals surface area contributed by atoms with Gasteiger partial charge in [0.1, 0.15) is 0 Å². The molecule has 0 amide bonds. The van der Waals surface area contributed by atoms with Crippen molar-refractivity contribution in [3.63, 3.8) is 0 Å². The van der Waals surface area contributed by atoms with Gasteiger partial charge in [0, 0.05) is 5.41 Å². The molecule has 0 bridgehead atoms. The van der Waals surface area contributed by atoms with Crippen molar-refractivity contribution in [3.8, 4) is 0 Å². The van der Waals surface area contributed by atoms with E-state index in [2.05, 4.69) is 121 Å². The fraction of sp³-hybridized carbons (Fsp3) is 0.636. The maximum atomic E-state index is 2.53.